The lowest BCUT2D eigenvalue weighted by Crippen LogP contribution is -2.30. The smallest absolute Gasteiger partial charge is 0.323 e. The fourth-order valence-corrected chi connectivity index (χ4v) is 3.87. The molecule has 6 nitrogen and oxygen atoms in total. The van der Waals surface area contributed by atoms with Crippen molar-refractivity contribution in [3.05, 3.63) is 66.2 Å². The van der Waals surface area contributed by atoms with E-state index in [9.17, 15) is 4.79 Å². The third-order valence-electron chi connectivity index (χ3n) is 5.76. The first kappa shape index (κ1) is 21.8. The van der Waals surface area contributed by atoms with Crippen molar-refractivity contribution in [3.63, 3.8) is 0 Å². The van der Waals surface area contributed by atoms with E-state index < -0.39 is 0 Å². The van der Waals surface area contributed by atoms with Crippen LogP contribution in [0.4, 0.5) is 22.0 Å². The molecule has 1 aliphatic rings. The minimum Gasteiger partial charge on any atom is -0.355 e. The number of nitrogens with zero attached hydrogens (tertiary/aromatic N) is 3. The van der Waals surface area contributed by atoms with Crippen LogP contribution < -0.4 is 15.5 Å². The lowest BCUT2D eigenvalue weighted by molar-refractivity contribution is 0.262. The normalized spacial score (nSPS) is 14.2. The van der Waals surface area contributed by atoms with Gasteiger partial charge in [-0.05, 0) is 66.6 Å². The van der Waals surface area contributed by atoms with E-state index in [0.717, 1.165) is 35.9 Å². The second kappa shape index (κ2) is 9.39. The molecule has 2 heterocycles. The van der Waals surface area contributed by atoms with Gasteiger partial charge in [-0.2, -0.15) is 0 Å². The molecule has 2 aromatic carbocycles. The molecule has 3 aromatic rings. The summed E-state index contributed by atoms with van der Waals surface area (Å²) in [6.07, 6.45) is 3.71. The maximum atomic E-state index is 12.5. The summed E-state index contributed by atoms with van der Waals surface area (Å²) in [6, 6.07) is 19.3. The number of amides is 2. The molecule has 4 rings (SSSR count). The molecule has 6 heteroatoms. The highest BCUT2D eigenvalue weighted by atomic mass is 16.2. The molecule has 166 valence electrons. The first-order chi connectivity index (χ1) is 15.4. The minimum atomic E-state index is -0.280. The molecule has 1 aliphatic heterocycles. The van der Waals surface area contributed by atoms with E-state index >= 15 is 0 Å². The van der Waals surface area contributed by atoms with Crippen molar-refractivity contribution in [2.45, 2.75) is 45.4 Å². The fourth-order valence-electron chi connectivity index (χ4n) is 3.87. The standard InChI is InChI=1S/C26H31N5O/c1-26(2,3)20-10-12-21(13-11-20)27-25(32)28-22-9-7-8-19(18-22)23-14-15-24(30-29-23)31-16-5-4-6-17-31/h7-15,18H,4-6,16-17H2,1-3H3,(H2,27,28,32). The van der Waals surface area contributed by atoms with Gasteiger partial charge in [-0.3, -0.25) is 0 Å². The molecule has 0 saturated carbocycles. The summed E-state index contributed by atoms with van der Waals surface area (Å²) in [5.74, 6) is 0.930. The molecule has 1 aromatic heterocycles. The highest BCUT2D eigenvalue weighted by Gasteiger charge is 2.14. The van der Waals surface area contributed by atoms with Gasteiger partial charge in [0.2, 0.25) is 0 Å². The number of rotatable bonds is 4. The number of anilines is 3. The zero-order chi connectivity index (χ0) is 22.6. The van der Waals surface area contributed by atoms with E-state index in [4.69, 9.17) is 0 Å². The van der Waals surface area contributed by atoms with Crippen molar-refractivity contribution in [1.29, 1.82) is 0 Å². The van der Waals surface area contributed by atoms with E-state index in [0.29, 0.717) is 5.69 Å². The largest absolute Gasteiger partial charge is 0.355 e. The minimum absolute atomic E-state index is 0.0795. The molecule has 1 fully saturated rings. The second-order valence-electron chi connectivity index (χ2n) is 9.31. The molecule has 32 heavy (non-hydrogen) atoms. The first-order valence-electron chi connectivity index (χ1n) is 11.3. The molecule has 0 atom stereocenters. The topological polar surface area (TPSA) is 70.2 Å². The van der Waals surface area contributed by atoms with Crippen molar-refractivity contribution in [2.75, 3.05) is 28.6 Å². The lowest BCUT2D eigenvalue weighted by Gasteiger charge is -2.27. The lowest BCUT2D eigenvalue weighted by atomic mass is 9.87. The van der Waals surface area contributed by atoms with E-state index in [1.54, 1.807) is 0 Å². The van der Waals surface area contributed by atoms with Crippen molar-refractivity contribution < 1.29 is 4.79 Å². The van der Waals surface area contributed by atoms with Crippen LogP contribution in [0.15, 0.2) is 60.7 Å². The molecular formula is C26H31N5O. The predicted molar refractivity (Wildman–Crippen MR) is 131 cm³/mol. The Morgan fingerprint density at radius 1 is 0.844 bits per heavy atom. The van der Waals surface area contributed by atoms with Gasteiger partial charge in [0, 0.05) is 30.0 Å². The van der Waals surface area contributed by atoms with Gasteiger partial charge in [0.05, 0.1) is 5.69 Å². The number of urea groups is 1. The van der Waals surface area contributed by atoms with Crippen LogP contribution in [-0.4, -0.2) is 29.3 Å². The number of aromatic nitrogens is 2. The van der Waals surface area contributed by atoms with Gasteiger partial charge in [-0.15, -0.1) is 10.2 Å². The number of nitrogens with one attached hydrogen (secondary N) is 2. The Morgan fingerprint density at radius 3 is 2.22 bits per heavy atom. The van der Waals surface area contributed by atoms with Crippen LogP contribution >= 0.6 is 0 Å². The van der Waals surface area contributed by atoms with Crippen molar-refractivity contribution in [1.82, 2.24) is 10.2 Å². The van der Waals surface area contributed by atoms with Crippen molar-refractivity contribution in [3.8, 4) is 11.3 Å². The number of hydrogen-bond donors (Lipinski definition) is 2. The summed E-state index contributed by atoms with van der Waals surface area (Å²) in [7, 11) is 0. The van der Waals surface area contributed by atoms with E-state index in [2.05, 4.69) is 46.5 Å². The molecule has 0 aliphatic carbocycles. The Morgan fingerprint density at radius 2 is 1.56 bits per heavy atom. The van der Waals surface area contributed by atoms with Gasteiger partial charge in [0.1, 0.15) is 0 Å². The fraction of sp³-hybridized carbons (Fsp3) is 0.346. The zero-order valence-corrected chi connectivity index (χ0v) is 19.1. The monoisotopic (exact) mass is 429 g/mol. The van der Waals surface area contributed by atoms with Crippen LogP contribution in [0, 0.1) is 0 Å². The number of benzene rings is 2. The molecule has 1 saturated heterocycles. The maximum Gasteiger partial charge on any atom is 0.323 e. The van der Waals surface area contributed by atoms with Crippen LogP contribution in [0.25, 0.3) is 11.3 Å². The summed E-state index contributed by atoms with van der Waals surface area (Å²) in [5.41, 5.74) is 4.46. The van der Waals surface area contributed by atoms with Gasteiger partial charge in [-0.25, -0.2) is 4.79 Å². The van der Waals surface area contributed by atoms with Crippen LogP contribution in [0.3, 0.4) is 0 Å². The van der Waals surface area contributed by atoms with Gasteiger partial charge in [0.15, 0.2) is 5.82 Å². The number of carbonyl (C=O) groups is 1. The van der Waals surface area contributed by atoms with E-state index in [-0.39, 0.29) is 11.4 Å². The Labute approximate surface area is 190 Å². The quantitative estimate of drug-likeness (QED) is 0.528. The van der Waals surface area contributed by atoms with E-state index in [1.807, 2.05) is 60.7 Å². The molecule has 2 amide bonds. The summed E-state index contributed by atoms with van der Waals surface area (Å²) < 4.78 is 0. The molecule has 0 unspecified atom stereocenters. The molecule has 2 N–H and O–H groups in total. The van der Waals surface area contributed by atoms with Gasteiger partial charge >= 0.3 is 6.03 Å². The van der Waals surface area contributed by atoms with Crippen LogP contribution in [0.2, 0.25) is 0 Å². The average Bonchev–Trinajstić information content (AvgIpc) is 2.80. The van der Waals surface area contributed by atoms with Crippen molar-refractivity contribution >= 4 is 23.2 Å². The molecular weight excluding hydrogens is 398 g/mol. The zero-order valence-electron chi connectivity index (χ0n) is 19.1. The second-order valence-corrected chi connectivity index (χ2v) is 9.31. The maximum absolute atomic E-state index is 12.5. The summed E-state index contributed by atoms with van der Waals surface area (Å²) >= 11 is 0. The third-order valence-corrected chi connectivity index (χ3v) is 5.76. The summed E-state index contributed by atoms with van der Waals surface area (Å²) in [5, 5.41) is 14.6. The Hall–Kier alpha value is -3.41. The number of carbonyl (C=O) groups excluding carboxylic acids is 1. The Bertz CT molecular complexity index is 1050. The Balaban J connectivity index is 1.40. The average molecular weight is 430 g/mol. The number of piperidine rings is 1. The Kier molecular flexibility index (Phi) is 6.40. The van der Waals surface area contributed by atoms with Gasteiger partial charge in [0.25, 0.3) is 0 Å². The highest BCUT2D eigenvalue weighted by molar-refractivity contribution is 6.00. The molecule has 0 spiro atoms. The first-order valence-corrected chi connectivity index (χ1v) is 11.3. The third kappa shape index (κ3) is 5.44. The summed E-state index contributed by atoms with van der Waals surface area (Å²) in [4.78, 5) is 14.8. The van der Waals surface area contributed by atoms with Crippen LogP contribution in [0.5, 0.6) is 0 Å². The molecule has 0 bridgehead atoms. The van der Waals surface area contributed by atoms with Crippen LogP contribution in [0.1, 0.15) is 45.6 Å². The van der Waals surface area contributed by atoms with Gasteiger partial charge < -0.3 is 15.5 Å². The highest BCUT2D eigenvalue weighted by Crippen LogP contribution is 2.25. The predicted octanol–water partition coefficient (Wildman–Crippen LogP) is 6.08. The van der Waals surface area contributed by atoms with Gasteiger partial charge in [-0.1, -0.05) is 45.0 Å². The summed E-state index contributed by atoms with van der Waals surface area (Å²) in [6.45, 7) is 8.59. The SMILES string of the molecule is CC(C)(C)c1ccc(NC(=O)Nc2cccc(-c3ccc(N4CCCCC4)nn3)c2)cc1. The van der Waals surface area contributed by atoms with E-state index in [1.165, 1.54) is 24.8 Å². The van der Waals surface area contributed by atoms with Crippen molar-refractivity contribution in [2.24, 2.45) is 0 Å². The molecule has 0 radical (unpaired) electrons. The number of hydrogen-bond acceptors (Lipinski definition) is 4. The van der Waals surface area contributed by atoms with Crippen LogP contribution in [-0.2, 0) is 5.41 Å².